The van der Waals surface area contributed by atoms with Crippen LogP contribution in [0.3, 0.4) is 0 Å². The standard InChI is InChI=1S/C46H92N2O4/c1-3-5-7-9-11-13-15-17-19-21-22-24-26-28-30-32-34-37-45(49)38-36-41-51-43-44-52-42-40-48-46(50)47-39-35-33-31-29-27-25-23-20-18-16-14-12-10-8-6-4-2/h3-44H2,1-2H3,(H2,47,48,50). The fourth-order valence-corrected chi connectivity index (χ4v) is 7.04. The van der Waals surface area contributed by atoms with Crippen molar-refractivity contribution in [3.8, 4) is 0 Å². The van der Waals surface area contributed by atoms with Crippen molar-refractivity contribution in [1.82, 2.24) is 10.6 Å². The molecule has 0 saturated heterocycles. The summed E-state index contributed by atoms with van der Waals surface area (Å²) in [5.74, 6) is 0.375. The molecule has 0 spiro atoms. The Morgan fingerprint density at radius 1 is 0.327 bits per heavy atom. The maximum atomic E-state index is 12.2. The van der Waals surface area contributed by atoms with Crippen LogP contribution in [-0.2, 0) is 14.3 Å². The van der Waals surface area contributed by atoms with Crippen molar-refractivity contribution in [2.75, 3.05) is 39.5 Å². The first-order chi connectivity index (χ1) is 25.7. The van der Waals surface area contributed by atoms with Crippen molar-refractivity contribution in [2.24, 2.45) is 0 Å². The first-order valence-electron chi connectivity index (χ1n) is 23.4. The number of Topliss-reactive ketones (excluding diaryl/α,β-unsaturated/α-hetero) is 1. The molecule has 0 rings (SSSR count). The highest BCUT2D eigenvalue weighted by Gasteiger charge is 2.03. The van der Waals surface area contributed by atoms with E-state index in [0.29, 0.717) is 45.2 Å². The Balaban J connectivity index is 3.22. The van der Waals surface area contributed by atoms with Crippen molar-refractivity contribution in [3.05, 3.63) is 0 Å². The molecular formula is C46H92N2O4. The lowest BCUT2D eigenvalue weighted by atomic mass is 10.0. The molecule has 0 fully saturated rings. The predicted octanol–water partition coefficient (Wildman–Crippen LogP) is 14.0. The number of ether oxygens (including phenoxy) is 2. The van der Waals surface area contributed by atoms with Crippen molar-refractivity contribution >= 4 is 11.8 Å². The van der Waals surface area contributed by atoms with Crippen LogP contribution < -0.4 is 10.6 Å². The summed E-state index contributed by atoms with van der Waals surface area (Å²) in [7, 11) is 0. The molecule has 6 heteroatoms. The van der Waals surface area contributed by atoms with Crippen LogP contribution in [0.5, 0.6) is 0 Å². The number of ketones is 1. The summed E-state index contributed by atoms with van der Waals surface area (Å²) in [6.07, 6.45) is 47.1. The number of rotatable bonds is 45. The quantitative estimate of drug-likeness (QED) is 0.0610. The molecule has 6 nitrogen and oxygen atoms in total. The van der Waals surface area contributed by atoms with Gasteiger partial charge in [0.25, 0.3) is 0 Å². The summed E-state index contributed by atoms with van der Waals surface area (Å²) < 4.78 is 11.2. The Bertz CT molecular complexity index is 646. The third-order valence-corrected chi connectivity index (χ3v) is 10.5. The van der Waals surface area contributed by atoms with Gasteiger partial charge in [0.2, 0.25) is 0 Å². The van der Waals surface area contributed by atoms with Crippen LogP contribution in [0.4, 0.5) is 4.79 Å². The van der Waals surface area contributed by atoms with Crippen LogP contribution in [0.1, 0.15) is 245 Å². The van der Waals surface area contributed by atoms with Gasteiger partial charge >= 0.3 is 6.03 Å². The minimum Gasteiger partial charge on any atom is -0.379 e. The second-order valence-corrected chi connectivity index (χ2v) is 15.8. The highest BCUT2D eigenvalue weighted by atomic mass is 16.5. The minimum atomic E-state index is -0.111. The Morgan fingerprint density at radius 3 is 1.04 bits per heavy atom. The second kappa shape index (κ2) is 46.0. The smallest absolute Gasteiger partial charge is 0.314 e. The van der Waals surface area contributed by atoms with Crippen LogP contribution in [0.2, 0.25) is 0 Å². The Labute approximate surface area is 325 Å². The predicted molar refractivity (Wildman–Crippen MR) is 226 cm³/mol. The van der Waals surface area contributed by atoms with Gasteiger partial charge in [-0.2, -0.15) is 0 Å². The summed E-state index contributed by atoms with van der Waals surface area (Å²) in [4.78, 5) is 24.1. The third kappa shape index (κ3) is 45.0. The molecule has 0 aliphatic rings. The van der Waals surface area contributed by atoms with Crippen LogP contribution >= 0.6 is 0 Å². The van der Waals surface area contributed by atoms with Crippen molar-refractivity contribution in [1.29, 1.82) is 0 Å². The molecule has 0 aromatic rings. The molecule has 0 heterocycles. The first-order valence-corrected chi connectivity index (χ1v) is 23.4. The molecule has 0 atom stereocenters. The van der Waals surface area contributed by atoms with Gasteiger partial charge in [0.15, 0.2) is 0 Å². The maximum absolute atomic E-state index is 12.2. The van der Waals surface area contributed by atoms with Crippen molar-refractivity contribution < 1.29 is 19.1 Å². The van der Waals surface area contributed by atoms with Crippen LogP contribution in [-0.4, -0.2) is 51.3 Å². The Morgan fingerprint density at radius 2 is 0.635 bits per heavy atom. The number of unbranched alkanes of at least 4 members (excludes halogenated alkanes) is 31. The zero-order valence-electron chi connectivity index (χ0n) is 35.3. The van der Waals surface area contributed by atoms with Gasteiger partial charge in [-0.25, -0.2) is 4.79 Å². The van der Waals surface area contributed by atoms with E-state index in [-0.39, 0.29) is 6.03 Å². The first kappa shape index (κ1) is 50.9. The number of urea groups is 1. The summed E-state index contributed by atoms with van der Waals surface area (Å²) in [6.45, 7) is 7.93. The third-order valence-electron chi connectivity index (χ3n) is 10.5. The van der Waals surface area contributed by atoms with E-state index in [2.05, 4.69) is 24.5 Å². The van der Waals surface area contributed by atoms with E-state index >= 15 is 0 Å². The van der Waals surface area contributed by atoms with Gasteiger partial charge in [-0.05, 0) is 19.3 Å². The average Bonchev–Trinajstić information content (AvgIpc) is 3.14. The second-order valence-electron chi connectivity index (χ2n) is 15.8. The Hall–Kier alpha value is -1.14. The molecule has 2 amide bonds. The maximum Gasteiger partial charge on any atom is 0.314 e. The van der Waals surface area contributed by atoms with Crippen LogP contribution in [0.25, 0.3) is 0 Å². The highest BCUT2D eigenvalue weighted by molar-refractivity contribution is 5.78. The molecule has 0 aromatic carbocycles. The summed E-state index contributed by atoms with van der Waals surface area (Å²) in [5.41, 5.74) is 0. The number of hydrogen-bond acceptors (Lipinski definition) is 4. The largest absolute Gasteiger partial charge is 0.379 e. The highest BCUT2D eigenvalue weighted by Crippen LogP contribution is 2.16. The van der Waals surface area contributed by atoms with Gasteiger partial charge in [0.1, 0.15) is 5.78 Å². The topological polar surface area (TPSA) is 76.7 Å². The number of nitrogens with one attached hydrogen (secondary N) is 2. The summed E-state index contributed by atoms with van der Waals surface area (Å²) in [6, 6.07) is -0.111. The number of amides is 2. The van der Waals surface area contributed by atoms with E-state index in [0.717, 1.165) is 32.2 Å². The fraction of sp³-hybridized carbons (Fsp3) is 0.957. The van der Waals surface area contributed by atoms with E-state index < -0.39 is 0 Å². The minimum absolute atomic E-state index is 0.111. The molecule has 52 heavy (non-hydrogen) atoms. The molecule has 2 N–H and O–H groups in total. The van der Waals surface area contributed by atoms with E-state index in [1.54, 1.807) is 0 Å². The lowest BCUT2D eigenvalue weighted by molar-refractivity contribution is -0.119. The van der Waals surface area contributed by atoms with E-state index in [1.165, 1.54) is 199 Å². The SMILES string of the molecule is CCCCCCCCCCCCCCCCCCCC(=O)CCCOCCOCCNC(=O)NCCCCCCCCCCCCCCCCCC. The normalized spacial score (nSPS) is 11.3. The number of hydrogen-bond donors (Lipinski definition) is 2. The average molecular weight is 737 g/mol. The molecular weight excluding hydrogens is 645 g/mol. The van der Waals surface area contributed by atoms with Gasteiger partial charge in [-0.3, -0.25) is 4.79 Å². The van der Waals surface area contributed by atoms with Gasteiger partial charge in [0, 0.05) is 32.5 Å². The lowest BCUT2D eigenvalue weighted by Crippen LogP contribution is -2.37. The molecule has 0 aromatic heterocycles. The molecule has 0 aliphatic carbocycles. The van der Waals surface area contributed by atoms with Crippen molar-refractivity contribution in [3.63, 3.8) is 0 Å². The molecule has 0 saturated carbocycles. The monoisotopic (exact) mass is 737 g/mol. The van der Waals surface area contributed by atoms with Gasteiger partial charge < -0.3 is 20.1 Å². The molecule has 0 aliphatic heterocycles. The van der Waals surface area contributed by atoms with E-state index in [4.69, 9.17) is 9.47 Å². The number of carbonyl (C=O) groups excluding carboxylic acids is 2. The molecule has 0 unspecified atom stereocenters. The molecule has 0 bridgehead atoms. The van der Waals surface area contributed by atoms with E-state index in [1.807, 2.05) is 0 Å². The van der Waals surface area contributed by atoms with Gasteiger partial charge in [-0.15, -0.1) is 0 Å². The van der Waals surface area contributed by atoms with Gasteiger partial charge in [0.05, 0.1) is 19.8 Å². The fourth-order valence-electron chi connectivity index (χ4n) is 7.04. The Kier molecular flexibility index (Phi) is 45.0. The zero-order chi connectivity index (χ0) is 37.7. The lowest BCUT2D eigenvalue weighted by Gasteiger charge is -2.09. The van der Waals surface area contributed by atoms with Crippen molar-refractivity contribution in [2.45, 2.75) is 245 Å². The molecule has 0 radical (unpaired) electrons. The zero-order valence-corrected chi connectivity index (χ0v) is 35.3. The van der Waals surface area contributed by atoms with Crippen LogP contribution in [0.15, 0.2) is 0 Å². The summed E-state index contributed by atoms with van der Waals surface area (Å²) >= 11 is 0. The summed E-state index contributed by atoms with van der Waals surface area (Å²) in [5, 5.41) is 5.81. The van der Waals surface area contributed by atoms with E-state index in [9.17, 15) is 9.59 Å². The van der Waals surface area contributed by atoms with Crippen LogP contribution in [0, 0.1) is 0 Å². The van der Waals surface area contributed by atoms with Gasteiger partial charge in [-0.1, -0.05) is 213 Å². The number of carbonyl (C=O) groups is 2. The molecule has 310 valence electrons.